The normalized spacial score (nSPS) is 15.8. The Bertz CT molecular complexity index is 990. The highest BCUT2D eigenvalue weighted by atomic mass is 79.9. The fraction of sp³-hybridized carbons (Fsp3) is 0.136. The van der Waals surface area contributed by atoms with Gasteiger partial charge in [0, 0.05) is 8.95 Å². The number of nitrogens with zero attached hydrogens (tertiary/aromatic N) is 1. The molecule has 1 aliphatic rings. The molecule has 1 unspecified atom stereocenters. The number of rotatable bonds is 2. The SMILES string of the molecule is Cc1cc2c(cc1C)NC(c1ccc(Br)cc1)C(c1ccc(Br)cc1)=N2. The summed E-state index contributed by atoms with van der Waals surface area (Å²) in [6, 6.07) is 21.2. The van der Waals surface area contributed by atoms with Gasteiger partial charge in [0.1, 0.15) is 0 Å². The monoisotopic (exact) mass is 468 g/mol. The van der Waals surface area contributed by atoms with Crippen LogP contribution in [0.2, 0.25) is 0 Å². The van der Waals surface area contributed by atoms with Crippen LogP contribution in [0.1, 0.15) is 28.3 Å². The summed E-state index contributed by atoms with van der Waals surface area (Å²) in [6.45, 7) is 4.27. The molecule has 4 heteroatoms. The second-order valence-electron chi connectivity index (χ2n) is 6.59. The number of nitrogens with one attached hydrogen (secondary N) is 1. The van der Waals surface area contributed by atoms with Crippen molar-refractivity contribution in [1.29, 1.82) is 0 Å². The summed E-state index contributed by atoms with van der Waals surface area (Å²) < 4.78 is 2.14. The van der Waals surface area contributed by atoms with E-state index in [9.17, 15) is 0 Å². The van der Waals surface area contributed by atoms with Gasteiger partial charge in [0.05, 0.1) is 23.1 Å². The minimum atomic E-state index is 0.0129. The van der Waals surface area contributed by atoms with Gasteiger partial charge in [-0.3, -0.25) is 0 Å². The summed E-state index contributed by atoms with van der Waals surface area (Å²) in [5.41, 5.74) is 7.97. The molecule has 0 spiro atoms. The lowest BCUT2D eigenvalue weighted by Gasteiger charge is -2.28. The van der Waals surface area contributed by atoms with E-state index >= 15 is 0 Å². The average Bonchev–Trinajstić information content (AvgIpc) is 2.63. The van der Waals surface area contributed by atoms with Gasteiger partial charge >= 0.3 is 0 Å². The molecule has 1 atom stereocenters. The largest absolute Gasteiger partial charge is 0.371 e. The molecule has 0 radical (unpaired) electrons. The molecule has 0 fully saturated rings. The Hall–Kier alpha value is -1.91. The van der Waals surface area contributed by atoms with Crippen LogP contribution in [0, 0.1) is 13.8 Å². The van der Waals surface area contributed by atoms with Crippen LogP contribution >= 0.6 is 31.9 Å². The maximum Gasteiger partial charge on any atom is 0.0947 e. The quantitative estimate of drug-likeness (QED) is 0.424. The van der Waals surface area contributed by atoms with E-state index in [1.165, 1.54) is 16.7 Å². The molecule has 0 saturated heterocycles. The first-order chi connectivity index (χ1) is 12.5. The zero-order chi connectivity index (χ0) is 18.3. The molecule has 2 nitrogen and oxygen atoms in total. The molecule has 0 amide bonds. The van der Waals surface area contributed by atoms with Crippen molar-refractivity contribution in [3.05, 3.63) is 91.9 Å². The molecule has 0 bridgehead atoms. The number of benzene rings is 3. The standard InChI is InChI=1S/C22H18Br2N2/c1-13-11-19-20(12-14(13)2)26-22(16-5-9-18(24)10-6-16)21(25-19)15-3-7-17(23)8-4-15/h3-12,21,25H,1-2H3. The molecular formula is C22H18Br2N2. The van der Waals surface area contributed by atoms with E-state index in [2.05, 4.69) is 112 Å². The highest BCUT2D eigenvalue weighted by Crippen LogP contribution is 2.38. The lowest BCUT2D eigenvalue weighted by Crippen LogP contribution is -2.25. The average molecular weight is 470 g/mol. The van der Waals surface area contributed by atoms with Gasteiger partial charge in [-0.2, -0.15) is 0 Å². The number of fused-ring (bicyclic) bond motifs is 1. The third kappa shape index (κ3) is 3.36. The fourth-order valence-corrected chi connectivity index (χ4v) is 3.70. The molecule has 1 heterocycles. The molecule has 130 valence electrons. The number of aryl methyl sites for hydroxylation is 2. The van der Waals surface area contributed by atoms with E-state index in [4.69, 9.17) is 4.99 Å². The fourth-order valence-electron chi connectivity index (χ4n) is 3.18. The van der Waals surface area contributed by atoms with Gasteiger partial charge in [0.25, 0.3) is 0 Å². The van der Waals surface area contributed by atoms with Crippen LogP contribution in [-0.4, -0.2) is 5.71 Å². The van der Waals surface area contributed by atoms with Crippen molar-refractivity contribution in [2.45, 2.75) is 19.9 Å². The van der Waals surface area contributed by atoms with Crippen molar-refractivity contribution >= 4 is 48.9 Å². The van der Waals surface area contributed by atoms with Gasteiger partial charge in [-0.15, -0.1) is 0 Å². The van der Waals surface area contributed by atoms with Gasteiger partial charge in [-0.05, 0) is 72.5 Å². The third-order valence-corrected chi connectivity index (χ3v) is 5.83. The molecule has 3 aromatic carbocycles. The summed E-state index contributed by atoms with van der Waals surface area (Å²) >= 11 is 7.04. The van der Waals surface area contributed by atoms with Crippen molar-refractivity contribution < 1.29 is 0 Å². The second-order valence-corrected chi connectivity index (χ2v) is 8.42. The molecule has 26 heavy (non-hydrogen) atoms. The van der Waals surface area contributed by atoms with E-state index in [0.29, 0.717) is 0 Å². The first kappa shape index (κ1) is 17.5. The molecule has 0 saturated carbocycles. The van der Waals surface area contributed by atoms with Crippen molar-refractivity contribution in [2.75, 3.05) is 5.32 Å². The van der Waals surface area contributed by atoms with E-state index in [1.54, 1.807) is 0 Å². The van der Waals surface area contributed by atoms with Crippen LogP contribution in [0.5, 0.6) is 0 Å². The minimum Gasteiger partial charge on any atom is -0.371 e. The molecule has 0 aromatic heterocycles. The van der Waals surface area contributed by atoms with Gasteiger partial charge in [-0.25, -0.2) is 4.99 Å². The molecule has 0 aliphatic carbocycles. The van der Waals surface area contributed by atoms with Crippen LogP contribution in [-0.2, 0) is 0 Å². The smallest absolute Gasteiger partial charge is 0.0947 e. The van der Waals surface area contributed by atoms with E-state index < -0.39 is 0 Å². The third-order valence-electron chi connectivity index (χ3n) is 4.77. The summed E-state index contributed by atoms with van der Waals surface area (Å²) in [5, 5.41) is 3.71. The number of hydrogen-bond donors (Lipinski definition) is 1. The van der Waals surface area contributed by atoms with Crippen LogP contribution < -0.4 is 5.32 Å². The Morgan fingerprint density at radius 1 is 0.808 bits per heavy atom. The topological polar surface area (TPSA) is 24.4 Å². The maximum atomic E-state index is 5.05. The van der Waals surface area contributed by atoms with E-state index in [-0.39, 0.29) is 6.04 Å². The summed E-state index contributed by atoms with van der Waals surface area (Å²) in [4.78, 5) is 5.05. The molecule has 1 N–H and O–H groups in total. The van der Waals surface area contributed by atoms with Crippen LogP contribution in [0.15, 0.2) is 74.6 Å². The number of halogens is 2. The zero-order valence-corrected chi connectivity index (χ0v) is 17.7. The predicted molar refractivity (Wildman–Crippen MR) is 117 cm³/mol. The summed E-state index contributed by atoms with van der Waals surface area (Å²) in [5.74, 6) is 0. The van der Waals surface area contributed by atoms with E-state index in [0.717, 1.165) is 31.6 Å². The number of aliphatic imine (C=N–C) groups is 1. The highest BCUT2D eigenvalue weighted by molar-refractivity contribution is 9.10. The molecular weight excluding hydrogens is 452 g/mol. The lowest BCUT2D eigenvalue weighted by molar-refractivity contribution is 1.01. The molecule has 4 rings (SSSR count). The van der Waals surface area contributed by atoms with Gasteiger partial charge in [0.2, 0.25) is 0 Å². The van der Waals surface area contributed by atoms with Crippen LogP contribution in [0.3, 0.4) is 0 Å². The Labute approximate surface area is 170 Å². The summed E-state index contributed by atoms with van der Waals surface area (Å²) in [7, 11) is 0. The first-order valence-electron chi connectivity index (χ1n) is 8.49. The number of anilines is 1. The Morgan fingerprint density at radius 3 is 2.04 bits per heavy atom. The molecule has 1 aliphatic heterocycles. The summed E-state index contributed by atoms with van der Waals surface area (Å²) in [6.07, 6.45) is 0. The Balaban J connectivity index is 1.87. The molecule has 3 aromatic rings. The van der Waals surface area contributed by atoms with Crippen molar-refractivity contribution in [1.82, 2.24) is 0 Å². The number of hydrogen-bond acceptors (Lipinski definition) is 2. The van der Waals surface area contributed by atoms with Crippen molar-refractivity contribution in [3.8, 4) is 0 Å². The van der Waals surface area contributed by atoms with Crippen LogP contribution in [0.4, 0.5) is 11.4 Å². The van der Waals surface area contributed by atoms with E-state index in [1.807, 2.05) is 0 Å². The highest BCUT2D eigenvalue weighted by Gasteiger charge is 2.25. The van der Waals surface area contributed by atoms with Crippen LogP contribution in [0.25, 0.3) is 0 Å². The zero-order valence-electron chi connectivity index (χ0n) is 14.6. The minimum absolute atomic E-state index is 0.0129. The van der Waals surface area contributed by atoms with Gasteiger partial charge in [0.15, 0.2) is 0 Å². The van der Waals surface area contributed by atoms with Gasteiger partial charge in [-0.1, -0.05) is 56.1 Å². The predicted octanol–water partition coefficient (Wildman–Crippen LogP) is 7.12. The second kappa shape index (κ2) is 7.01. The lowest BCUT2D eigenvalue weighted by atomic mass is 9.93. The first-order valence-corrected chi connectivity index (χ1v) is 10.1. The van der Waals surface area contributed by atoms with Crippen molar-refractivity contribution in [3.63, 3.8) is 0 Å². The van der Waals surface area contributed by atoms with Gasteiger partial charge < -0.3 is 5.32 Å². The Morgan fingerprint density at radius 2 is 1.38 bits per heavy atom. The maximum absolute atomic E-state index is 5.05. The Kier molecular flexibility index (Phi) is 4.72. The van der Waals surface area contributed by atoms with Crippen molar-refractivity contribution in [2.24, 2.45) is 4.99 Å².